The van der Waals surface area contributed by atoms with Crippen LogP contribution < -0.4 is 5.32 Å². The highest BCUT2D eigenvalue weighted by Gasteiger charge is 2.31. The second-order valence-corrected chi connectivity index (χ2v) is 5.00. The van der Waals surface area contributed by atoms with Gasteiger partial charge in [0.05, 0.1) is 12.1 Å². The number of ether oxygens (including phenoxy) is 1. The topological polar surface area (TPSA) is 51.2 Å². The van der Waals surface area contributed by atoms with Crippen LogP contribution in [0.2, 0.25) is 0 Å². The van der Waals surface area contributed by atoms with Crippen molar-refractivity contribution in [3.8, 4) is 0 Å². The molecular weight excluding hydrogens is 272 g/mol. The lowest BCUT2D eigenvalue weighted by atomic mass is 10.0. The van der Waals surface area contributed by atoms with Gasteiger partial charge in [-0.1, -0.05) is 0 Å². The number of hydrogen-bond donors (Lipinski definition) is 1. The lowest BCUT2D eigenvalue weighted by Crippen LogP contribution is -2.46. The van der Waals surface area contributed by atoms with Crippen molar-refractivity contribution in [2.75, 3.05) is 13.2 Å². The van der Waals surface area contributed by atoms with Crippen molar-refractivity contribution in [3.63, 3.8) is 0 Å². The van der Waals surface area contributed by atoms with Gasteiger partial charge in [-0.3, -0.25) is 4.79 Å². The van der Waals surface area contributed by atoms with E-state index in [-0.39, 0.29) is 11.4 Å². The summed E-state index contributed by atoms with van der Waals surface area (Å²) in [5.74, 6) is -0.0869. The lowest BCUT2D eigenvalue weighted by molar-refractivity contribution is 0.0889. The van der Waals surface area contributed by atoms with E-state index < -0.39 is 0 Å². The van der Waals surface area contributed by atoms with Crippen LogP contribution in [0.4, 0.5) is 0 Å². The molecule has 1 atom stereocenters. The number of hydrogen-bond acceptors (Lipinski definition) is 3. The van der Waals surface area contributed by atoms with E-state index in [4.69, 9.17) is 4.74 Å². The smallest absolute Gasteiger partial charge is 0.251 e. The molecule has 1 unspecified atom stereocenters. The molecule has 1 aliphatic rings. The van der Waals surface area contributed by atoms with Gasteiger partial charge in [0.1, 0.15) is 4.60 Å². The van der Waals surface area contributed by atoms with Gasteiger partial charge in [0.15, 0.2) is 0 Å². The molecule has 1 saturated heterocycles. The predicted octanol–water partition coefficient (Wildman–Crippen LogP) is 1.75. The first-order valence-corrected chi connectivity index (χ1v) is 5.90. The maximum absolute atomic E-state index is 11.9. The van der Waals surface area contributed by atoms with E-state index in [1.807, 2.05) is 6.92 Å². The second kappa shape index (κ2) is 4.51. The summed E-state index contributed by atoms with van der Waals surface area (Å²) in [7, 11) is 0. The Labute approximate surface area is 103 Å². The van der Waals surface area contributed by atoms with Gasteiger partial charge < -0.3 is 10.1 Å². The van der Waals surface area contributed by atoms with E-state index in [0.29, 0.717) is 23.4 Å². The van der Waals surface area contributed by atoms with Crippen LogP contribution in [0.3, 0.4) is 0 Å². The molecule has 1 N–H and O–H groups in total. The molecular formula is C11H13BrN2O2. The Morgan fingerprint density at radius 3 is 3.12 bits per heavy atom. The second-order valence-electron chi connectivity index (χ2n) is 4.18. The van der Waals surface area contributed by atoms with Crippen LogP contribution in [0.15, 0.2) is 22.9 Å². The fourth-order valence-corrected chi connectivity index (χ4v) is 2.02. The van der Waals surface area contributed by atoms with Crippen molar-refractivity contribution < 1.29 is 9.53 Å². The highest BCUT2D eigenvalue weighted by Crippen LogP contribution is 2.18. The summed E-state index contributed by atoms with van der Waals surface area (Å²) >= 11 is 3.24. The van der Waals surface area contributed by atoms with Crippen LogP contribution in [0.25, 0.3) is 0 Å². The van der Waals surface area contributed by atoms with Crippen LogP contribution in [0.5, 0.6) is 0 Å². The van der Waals surface area contributed by atoms with Gasteiger partial charge >= 0.3 is 0 Å². The monoisotopic (exact) mass is 284 g/mol. The predicted molar refractivity (Wildman–Crippen MR) is 63.2 cm³/mol. The molecule has 0 radical (unpaired) electrons. The molecule has 0 bridgehead atoms. The molecule has 4 nitrogen and oxygen atoms in total. The van der Waals surface area contributed by atoms with E-state index in [2.05, 4.69) is 26.2 Å². The number of pyridine rings is 1. The van der Waals surface area contributed by atoms with Crippen molar-refractivity contribution in [1.82, 2.24) is 10.3 Å². The van der Waals surface area contributed by atoms with Crippen molar-refractivity contribution in [2.24, 2.45) is 0 Å². The lowest BCUT2D eigenvalue weighted by Gasteiger charge is -2.23. The van der Waals surface area contributed by atoms with Crippen molar-refractivity contribution in [3.05, 3.63) is 28.5 Å². The number of nitrogens with zero attached hydrogens (tertiary/aromatic N) is 1. The summed E-state index contributed by atoms with van der Waals surface area (Å²) < 4.78 is 5.94. The molecule has 86 valence electrons. The normalized spacial score (nSPS) is 24.4. The number of rotatable bonds is 2. The van der Waals surface area contributed by atoms with Crippen molar-refractivity contribution >= 4 is 21.8 Å². The molecule has 1 amide bonds. The summed E-state index contributed by atoms with van der Waals surface area (Å²) in [6.07, 6.45) is 2.46. The average molecular weight is 285 g/mol. The summed E-state index contributed by atoms with van der Waals surface area (Å²) in [6.45, 7) is 3.27. The third-order valence-corrected chi connectivity index (χ3v) is 3.06. The zero-order valence-electron chi connectivity index (χ0n) is 9.00. The summed E-state index contributed by atoms with van der Waals surface area (Å²) in [4.78, 5) is 15.9. The highest BCUT2D eigenvalue weighted by atomic mass is 79.9. The molecule has 0 aliphatic carbocycles. The number of carbonyl (C=O) groups excluding carboxylic acids is 1. The van der Waals surface area contributed by atoms with Gasteiger partial charge in [0.2, 0.25) is 0 Å². The van der Waals surface area contributed by atoms with Crippen LogP contribution in [0.1, 0.15) is 23.7 Å². The number of nitrogens with one attached hydrogen (secondary N) is 1. The van der Waals surface area contributed by atoms with Gasteiger partial charge in [-0.05, 0) is 41.4 Å². The summed E-state index contributed by atoms with van der Waals surface area (Å²) in [5.41, 5.74) is 0.363. The standard InChI is InChI=1S/C11H13BrN2O2/c1-11(3-5-16-7-11)14-10(15)8-2-4-13-9(12)6-8/h2,4,6H,3,5,7H2,1H3,(H,14,15). The van der Waals surface area contributed by atoms with Crippen LogP contribution in [0, 0.1) is 0 Å². The highest BCUT2D eigenvalue weighted by molar-refractivity contribution is 9.10. The largest absolute Gasteiger partial charge is 0.379 e. The SMILES string of the molecule is CC1(NC(=O)c2ccnc(Br)c2)CCOC1. The first kappa shape index (κ1) is 11.5. The van der Waals surface area contributed by atoms with Crippen LogP contribution in [-0.4, -0.2) is 29.6 Å². The Hall–Kier alpha value is -0.940. The van der Waals surface area contributed by atoms with E-state index in [9.17, 15) is 4.79 Å². The zero-order valence-corrected chi connectivity index (χ0v) is 10.6. The Bertz CT molecular complexity index is 403. The van der Waals surface area contributed by atoms with Crippen molar-refractivity contribution in [2.45, 2.75) is 18.9 Å². The third kappa shape index (κ3) is 2.59. The minimum Gasteiger partial charge on any atom is -0.379 e. The minimum atomic E-state index is -0.243. The maximum Gasteiger partial charge on any atom is 0.251 e. The average Bonchev–Trinajstić information content (AvgIpc) is 2.65. The first-order chi connectivity index (χ1) is 7.59. The summed E-state index contributed by atoms with van der Waals surface area (Å²) in [5, 5.41) is 2.99. The van der Waals surface area contributed by atoms with Gasteiger partial charge in [0, 0.05) is 18.4 Å². The molecule has 1 aliphatic heterocycles. The van der Waals surface area contributed by atoms with Gasteiger partial charge in [-0.2, -0.15) is 0 Å². The Morgan fingerprint density at radius 2 is 2.50 bits per heavy atom. The molecule has 2 heterocycles. The van der Waals surface area contributed by atoms with E-state index in [1.165, 1.54) is 0 Å². The fraction of sp³-hybridized carbons (Fsp3) is 0.455. The Balaban J connectivity index is 2.08. The number of carbonyl (C=O) groups is 1. The van der Waals surface area contributed by atoms with Crippen LogP contribution in [-0.2, 0) is 4.74 Å². The van der Waals surface area contributed by atoms with E-state index in [0.717, 1.165) is 6.42 Å². The van der Waals surface area contributed by atoms with Gasteiger partial charge in [0.25, 0.3) is 5.91 Å². The van der Waals surface area contributed by atoms with Gasteiger partial charge in [-0.25, -0.2) is 4.98 Å². The zero-order chi connectivity index (χ0) is 11.6. The number of aromatic nitrogens is 1. The number of halogens is 1. The van der Waals surface area contributed by atoms with Gasteiger partial charge in [-0.15, -0.1) is 0 Å². The molecule has 5 heteroatoms. The third-order valence-electron chi connectivity index (χ3n) is 2.62. The molecule has 0 saturated carbocycles. The Morgan fingerprint density at radius 1 is 1.69 bits per heavy atom. The molecule has 2 rings (SSSR count). The molecule has 0 spiro atoms. The molecule has 1 aromatic heterocycles. The molecule has 16 heavy (non-hydrogen) atoms. The summed E-state index contributed by atoms with van der Waals surface area (Å²) in [6, 6.07) is 3.40. The van der Waals surface area contributed by atoms with E-state index in [1.54, 1.807) is 18.3 Å². The number of amides is 1. The first-order valence-electron chi connectivity index (χ1n) is 5.11. The quantitative estimate of drug-likeness (QED) is 0.842. The molecule has 1 aromatic rings. The molecule has 1 fully saturated rings. The van der Waals surface area contributed by atoms with Crippen molar-refractivity contribution in [1.29, 1.82) is 0 Å². The molecule has 0 aromatic carbocycles. The minimum absolute atomic E-state index is 0.0869. The van der Waals surface area contributed by atoms with Crippen LogP contribution >= 0.6 is 15.9 Å². The Kier molecular flexibility index (Phi) is 3.25. The fourth-order valence-electron chi connectivity index (χ4n) is 1.66. The maximum atomic E-state index is 11.9. The van der Waals surface area contributed by atoms with E-state index >= 15 is 0 Å².